The van der Waals surface area contributed by atoms with Crippen molar-refractivity contribution in [2.24, 2.45) is 0 Å². The van der Waals surface area contributed by atoms with Crippen molar-refractivity contribution >= 4 is 0 Å². The predicted molar refractivity (Wildman–Crippen MR) is 140 cm³/mol. The van der Waals surface area contributed by atoms with E-state index in [9.17, 15) is 5.11 Å². The van der Waals surface area contributed by atoms with Crippen LogP contribution >= 0.6 is 0 Å². The first-order valence-corrected chi connectivity index (χ1v) is 14.4. The molecule has 0 aliphatic heterocycles. The summed E-state index contributed by atoms with van der Waals surface area (Å²) in [5.74, 6) is 0. The van der Waals surface area contributed by atoms with Gasteiger partial charge in [0, 0.05) is 26.2 Å². The minimum absolute atomic E-state index is 0.264. The fourth-order valence-corrected chi connectivity index (χ4v) is 4.57. The molecule has 3 heteroatoms. The maximum absolute atomic E-state index is 9.44. The van der Waals surface area contributed by atoms with Crippen LogP contribution in [0.1, 0.15) is 149 Å². The number of likely N-dealkylation sites (N-methyl/N-ethyl adjacent to an activating group) is 1. The number of aliphatic hydroxyl groups is 1. The van der Waals surface area contributed by atoms with Crippen LogP contribution in [0.25, 0.3) is 0 Å². The summed E-state index contributed by atoms with van der Waals surface area (Å²) in [5, 5.41) is 14.4. The molecule has 0 atom stereocenters. The molecule has 0 heterocycles. The summed E-state index contributed by atoms with van der Waals surface area (Å²) >= 11 is 0. The van der Waals surface area contributed by atoms with Gasteiger partial charge in [-0.15, -0.1) is 0 Å². The molecule has 0 fully saturated rings. The Morgan fingerprint density at radius 3 is 1.00 bits per heavy atom. The van der Waals surface area contributed by atoms with Crippen molar-refractivity contribution < 1.29 is 5.11 Å². The van der Waals surface area contributed by atoms with Crippen LogP contribution < -0.4 is 0 Å². The molecule has 0 aliphatic rings. The molecule has 0 rings (SSSR count). The van der Waals surface area contributed by atoms with Gasteiger partial charge in [-0.05, 0) is 12.8 Å². The second-order valence-electron chi connectivity index (χ2n) is 9.59. The van der Waals surface area contributed by atoms with Gasteiger partial charge < -0.3 is 5.11 Å². The largest absolute Gasteiger partial charge is 0.395 e. The van der Waals surface area contributed by atoms with Gasteiger partial charge in [0.05, 0.1) is 6.61 Å². The highest BCUT2D eigenvalue weighted by molar-refractivity contribution is 4.60. The first-order valence-electron chi connectivity index (χ1n) is 14.4. The average molecular weight is 441 g/mol. The van der Waals surface area contributed by atoms with E-state index in [-0.39, 0.29) is 6.61 Å². The Bertz CT molecular complexity index is 300. The van der Waals surface area contributed by atoms with Crippen molar-refractivity contribution in [2.45, 2.75) is 149 Å². The minimum Gasteiger partial charge on any atom is -0.395 e. The van der Waals surface area contributed by atoms with E-state index in [1.165, 1.54) is 142 Å². The molecule has 0 radical (unpaired) electrons. The number of rotatable bonds is 26. The molecule has 0 aliphatic carbocycles. The number of hydrogen-bond donors (Lipinski definition) is 1. The third-order valence-corrected chi connectivity index (χ3v) is 6.66. The minimum atomic E-state index is 0.264. The van der Waals surface area contributed by atoms with Gasteiger partial charge in [0.2, 0.25) is 0 Å². The van der Waals surface area contributed by atoms with Gasteiger partial charge in [-0.1, -0.05) is 136 Å². The van der Waals surface area contributed by atoms with Gasteiger partial charge in [0.25, 0.3) is 0 Å². The van der Waals surface area contributed by atoms with Crippen LogP contribution in [-0.2, 0) is 0 Å². The Morgan fingerprint density at radius 2 is 0.710 bits per heavy atom. The second-order valence-corrected chi connectivity index (χ2v) is 9.59. The van der Waals surface area contributed by atoms with E-state index < -0.39 is 0 Å². The Morgan fingerprint density at radius 1 is 0.387 bits per heavy atom. The molecular formula is C28H60N2O. The molecule has 0 amide bonds. The highest BCUT2D eigenvalue weighted by Gasteiger charge is 2.12. The first-order chi connectivity index (χ1) is 15.3. The summed E-state index contributed by atoms with van der Waals surface area (Å²) in [6.07, 6.45) is 27.9. The van der Waals surface area contributed by atoms with Gasteiger partial charge in [-0.25, -0.2) is 10.0 Å². The lowest BCUT2D eigenvalue weighted by atomic mass is 10.1. The first kappa shape index (κ1) is 30.9. The van der Waals surface area contributed by atoms with E-state index in [2.05, 4.69) is 30.8 Å². The van der Waals surface area contributed by atoms with Gasteiger partial charge in [0.1, 0.15) is 0 Å². The summed E-state index contributed by atoms with van der Waals surface area (Å²) in [5.41, 5.74) is 0. The number of unbranched alkanes of at least 4 members (excludes halogenated alkanes) is 18. The Labute approximate surface area is 197 Å². The molecule has 0 spiro atoms. The maximum atomic E-state index is 9.44. The number of hydrogen-bond acceptors (Lipinski definition) is 3. The van der Waals surface area contributed by atoms with Crippen molar-refractivity contribution in [3.63, 3.8) is 0 Å². The summed E-state index contributed by atoms with van der Waals surface area (Å²) in [6.45, 7) is 11.2. The van der Waals surface area contributed by atoms with E-state index in [0.717, 1.165) is 13.1 Å². The lowest BCUT2D eigenvalue weighted by molar-refractivity contribution is -0.0337. The fourth-order valence-electron chi connectivity index (χ4n) is 4.57. The highest BCUT2D eigenvalue weighted by atomic mass is 16.3. The molecule has 0 aromatic carbocycles. The fraction of sp³-hybridized carbons (Fsp3) is 1.00. The van der Waals surface area contributed by atoms with E-state index >= 15 is 0 Å². The maximum Gasteiger partial charge on any atom is 0.0572 e. The Kier molecular flexibility index (Phi) is 26.0. The van der Waals surface area contributed by atoms with Crippen molar-refractivity contribution in [3.8, 4) is 0 Å². The van der Waals surface area contributed by atoms with Crippen LogP contribution in [0, 0.1) is 0 Å². The topological polar surface area (TPSA) is 26.7 Å². The van der Waals surface area contributed by atoms with Gasteiger partial charge >= 0.3 is 0 Å². The third kappa shape index (κ3) is 21.5. The summed E-state index contributed by atoms with van der Waals surface area (Å²) in [7, 11) is 0. The van der Waals surface area contributed by atoms with Crippen molar-refractivity contribution in [1.82, 2.24) is 10.0 Å². The standard InChI is InChI=1S/C28H60N2O/c1-4-7-9-11-13-15-17-19-21-23-25-30(29(6-3)27-28-31)26-24-22-20-18-16-14-12-10-8-5-2/h31H,4-28H2,1-3H3. The molecule has 188 valence electrons. The van der Waals surface area contributed by atoms with E-state index in [0.29, 0.717) is 0 Å². The molecule has 3 nitrogen and oxygen atoms in total. The summed E-state index contributed by atoms with van der Waals surface area (Å²) in [6, 6.07) is 0. The van der Waals surface area contributed by atoms with Gasteiger partial charge in [0.15, 0.2) is 0 Å². The van der Waals surface area contributed by atoms with Crippen LogP contribution in [0.4, 0.5) is 0 Å². The second kappa shape index (κ2) is 26.1. The normalized spacial score (nSPS) is 11.8. The van der Waals surface area contributed by atoms with Crippen molar-refractivity contribution in [1.29, 1.82) is 0 Å². The quantitative estimate of drug-likeness (QED) is 0.108. The van der Waals surface area contributed by atoms with Crippen LogP contribution in [0.2, 0.25) is 0 Å². The van der Waals surface area contributed by atoms with Gasteiger partial charge in [-0.2, -0.15) is 0 Å². The van der Waals surface area contributed by atoms with Crippen LogP contribution in [0.15, 0.2) is 0 Å². The van der Waals surface area contributed by atoms with E-state index in [1.807, 2.05) is 0 Å². The molecule has 1 N–H and O–H groups in total. The third-order valence-electron chi connectivity index (χ3n) is 6.66. The highest BCUT2D eigenvalue weighted by Crippen LogP contribution is 2.13. The summed E-state index contributed by atoms with van der Waals surface area (Å²) < 4.78 is 0. The number of hydrazine groups is 1. The van der Waals surface area contributed by atoms with Crippen LogP contribution in [0.3, 0.4) is 0 Å². The van der Waals surface area contributed by atoms with E-state index in [1.54, 1.807) is 0 Å². The lowest BCUT2D eigenvalue weighted by Gasteiger charge is -2.34. The number of aliphatic hydroxyl groups excluding tert-OH is 1. The zero-order valence-corrected chi connectivity index (χ0v) is 22.0. The average Bonchev–Trinajstić information content (AvgIpc) is 2.78. The predicted octanol–water partition coefficient (Wildman–Crippen LogP) is 8.36. The molecule has 0 aromatic heterocycles. The monoisotopic (exact) mass is 440 g/mol. The van der Waals surface area contributed by atoms with Crippen LogP contribution in [0.5, 0.6) is 0 Å². The molecule has 0 saturated carbocycles. The summed E-state index contributed by atoms with van der Waals surface area (Å²) in [4.78, 5) is 0. The van der Waals surface area contributed by atoms with Crippen molar-refractivity contribution in [2.75, 3.05) is 32.8 Å². The number of nitrogens with zero attached hydrogens (tertiary/aromatic N) is 2. The van der Waals surface area contributed by atoms with Gasteiger partial charge in [-0.3, -0.25) is 0 Å². The van der Waals surface area contributed by atoms with E-state index in [4.69, 9.17) is 0 Å². The zero-order valence-electron chi connectivity index (χ0n) is 22.0. The molecule has 0 bridgehead atoms. The van der Waals surface area contributed by atoms with Crippen LogP contribution in [-0.4, -0.2) is 47.9 Å². The Hall–Kier alpha value is -0.120. The lowest BCUT2D eigenvalue weighted by Crippen LogP contribution is -2.45. The molecule has 0 aromatic rings. The molecule has 0 saturated heterocycles. The Balaban J connectivity index is 3.84. The van der Waals surface area contributed by atoms with Crippen molar-refractivity contribution in [3.05, 3.63) is 0 Å². The smallest absolute Gasteiger partial charge is 0.0572 e. The molecule has 31 heavy (non-hydrogen) atoms. The molecular weight excluding hydrogens is 380 g/mol. The molecule has 0 unspecified atom stereocenters. The SMILES string of the molecule is CCCCCCCCCCCCN(CCCCCCCCCCCC)N(CC)CCO. The zero-order chi connectivity index (χ0) is 22.8.